The van der Waals surface area contributed by atoms with Crippen molar-refractivity contribution in [2.24, 2.45) is 5.73 Å². The lowest BCUT2D eigenvalue weighted by molar-refractivity contribution is 0.0592. The number of aromatic nitrogens is 1. The Kier molecular flexibility index (Phi) is 4.38. The molecule has 4 N–H and O–H groups in total. The molecule has 7 nitrogen and oxygen atoms in total. The summed E-state index contributed by atoms with van der Waals surface area (Å²) in [4.78, 5) is 22.8. The van der Waals surface area contributed by atoms with Crippen LogP contribution >= 0.6 is 0 Å². The van der Waals surface area contributed by atoms with Gasteiger partial charge in [-0.05, 0) is 0 Å². The summed E-state index contributed by atoms with van der Waals surface area (Å²) in [6, 6.07) is 1.54. The fourth-order valence-corrected chi connectivity index (χ4v) is 2.14. The number of nitrogens with two attached hydrogens (primary N) is 2. The molecule has 1 aromatic heterocycles. The van der Waals surface area contributed by atoms with Crippen molar-refractivity contribution in [1.82, 2.24) is 4.57 Å². The van der Waals surface area contributed by atoms with E-state index >= 15 is 0 Å². The number of ether oxygens (including phenoxy) is 1. The standard InChI is InChI=1S/C14H8F4N4O3/c1-25-14(24)12-10(20)4(2-19)3-22(12)11-8(17)6(15)5(13(21)23)7(16)9(11)18/h3H,20H2,1H3,(H2,21,23). The van der Waals surface area contributed by atoms with Gasteiger partial charge in [-0.25, -0.2) is 22.4 Å². The van der Waals surface area contributed by atoms with Crippen LogP contribution in [0.4, 0.5) is 23.2 Å². The van der Waals surface area contributed by atoms with E-state index < -0.39 is 63.3 Å². The van der Waals surface area contributed by atoms with Gasteiger partial charge in [0.05, 0.1) is 18.4 Å². The molecule has 0 spiro atoms. The van der Waals surface area contributed by atoms with Crippen molar-refractivity contribution in [2.45, 2.75) is 0 Å². The number of hydrogen-bond donors (Lipinski definition) is 2. The maximum atomic E-state index is 14.3. The molecule has 1 amide bonds. The number of hydrogen-bond acceptors (Lipinski definition) is 5. The maximum absolute atomic E-state index is 14.3. The number of rotatable bonds is 3. The predicted molar refractivity (Wildman–Crippen MR) is 74.6 cm³/mol. The summed E-state index contributed by atoms with van der Waals surface area (Å²) in [5.41, 5.74) is 5.53. The van der Waals surface area contributed by atoms with Gasteiger partial charge in [0.15, 0.2) is 29.0 Å². The Hall–Kier alpha value is -3.55. The van der Waals surface area contributed by atoms with Gasteiger partial charge >= 0.3 is 5.97 Å². The predicted octanol–water partition coefficient (Wildman–Crippen LogP) is 1.37. The highest BCUT2D eigenvalue weighted by atomic mass is 19.2. The molecule has 0 aliphatic heterocycles. The molecular formula is C14H8F4N4O3. The minimum absolute atomic E-state index is 0.321. The molecule has 0 fully saturated rings. The van der Waals surface area contributed by atoms with Crippen molar-refractivity contribution in [1.29, 1.82) is 5.26 Å². The molecule has 0 aliphatic carbocycles. The highest BCUT2D eigenvalue weighted by molar-refractivity contribution is 5.96. The summed E-state index contributed by atoms with van der Waals surface area (Å²) >= 11 is 0. The lowest BCUT2D eigenvalue weighted by Crippen LogP contribution is -2.21. The number of nitrogens with zero attached hydrogens (tertiary/aromatic N) is 2. The summed E-state index contributed by atoms with van der Waals surface area (Å²) < 4.78 is 61.1. The van der Waals surface area contributed by atoms with Gasteiger partial charge in [-0.15, -0.1) is 0 Å². The van der Waals surface area contributed by atoms with E-state index in [2.05, 4.69) is 4.74 Å². The fourth-order valence-electron chi connectivity index (χ4n) is 2.14. The van der Waals surface area contributed by atoms with E-state index in [-0.39, 0.29) is 0 Å². The first-order valence-corrected chi connectivity index (χ1v) is 6.32. The number of esters is 1. The van der Waals surface area contributed by atoms with Gasteiger partial charge in [0.1, 0.15) is 17.3 Å². The van der Waals surface area contributed by atoms with Crippen LogP contribution < -0.4 is 11.5 Å². The van der Waals surface area contributed by atoms with Crippen LogP contribution in [0.5, 0.6) is 0 Å². The summed E-state index contributed by atoms with van der Waals surface area (Å²) in [7, 11) is 0.912. The first-order valence-electron chi connectivity index (χ1n) is 6.32. The van der Waals surface area contributed by atoms with E-state index in [1.165, 1.54) is 0 Å². The van der Waals surface area contributed by atoms with Crippen LogP contribution in [0.3, 0.4) is 0 Å². The molecule has 11 heteroatoms. The van der Waals surface area contributed by atoms with Gasteiger partial charge in [0.2, 0.25) is 0 Å². The minimum Gasteiger partial charge on any atom is -0.464 e. The van der Waals surface area contributed by atoms with Crippen LogP contribution in [0.2, 0.25) is 0 Å². The van der Waals surface area contributed by atoms with Crippen LogP contribution in [0.15, 0.2) is 6.20 Å². The molecule has 2 aromatic rings. The summed E-state index contributed by atoms with van der Waals surface area (Å²) in [6.45, 7) is 0. The summed E-state index contributed by atoms with van der Waals surface area (Å²) in [5, 5.41) is 8.93. The van der Waals surface area contributed by atoms with E-state index in [0.717, 1.165) is 7.11 Å². The normalized spacial score (nSPS) is 10.4. The highest BCUT2D eigenvalue weighted by Crippen LogP contribution is 2.31. The number of anilines is 1. The second-order valence-corrected chi connectivity index (χ2v) is 4.62. The van der Waals surface area contributed by atoms with Crippen molar-refractivity contribution >= 4 is 17.6 Å². The zero-order chi connectivity index (χ0) is 19.0. The van der Waals surface area contributed by atoms with Gasteiger partial charge < -0.3 is 20.8 Å². The number of carbonyl (C=O) groups is 2. The Balaban J connectivity index is 2.97. The minimum atomic E-state index is -2.07. The average molecular weight is 356 g/mol. The van der Waals surface area contributed by atoms with Gasteiger partial charge in [0, 0.05) is 6.20 Å². The first kappa shape index (κ1) is 17.8. The number of benzene rings is 1. The monoisotopic (exact) mass is 356 g/mol. The number of amides is 1. The quantitative estimate of drug-likeness (QED) is 0.488. The van der Waals surface area contributed by atoms with Crippen molar-refractivity contribution < 1.29 is 31.9 Å². The number of nitriles is 1. The zero-order valence-electron chi connectivity index (χ0n) is 12.4. The van der Waals surface area contributed by atoms with Gasteiger partial charge in [-0.1, -0.05) is 0 Å². The molecule has 0 saturated heterocycles. The Morgan fingerprint density at radius 3 is 2.08 bits per heavy atom. The average Bonchev–Trinajstić information content (AvgIpc) is 2.88. The maximum Gasteiger partial charge on any atom is 0.357 e. The first-order chi connectivity index (χ1) is 11.7. The molecule has 0 saturated carbocycles. The lowest BCUT2D eigenvalue weighted by atomic mass is 10.1. The number of carbonyl (C=O) groups excluding carboxylic acids is 2. The van der Waals surface area contributed by atoms with Crippen molar-refractivity contribution in [3.05, 3.63) is 46.3 Å². The Bertz CT molecular complexity index is 933. The second-order valence-electron chi connectivity index (χ2n) is 4.62. The topological polar surface area (TPSA) is 124 Å². The van der Waals surface area contributed by atoms with Gasteiger partial charge in [0.25, 0.3) is 5.91 Å². The number of halogens is 4. The number of nitrogen functional groups attached to an aromatic ring is 1. The lowest BCUT2D eigenvalue weighted by Gasteiger charge is -2.13. The molecule has 0 atom stereocenters. The largest absolute Gasteiger partial charge is 0.464 e. The van der Waals surface area contributed by atoms with Crippen molar-refractivity contribution in [2.75, 3.05) is 12.8 Å². The summed E-state index contributed by atoms with van der Waals surface area (Å²) in [6.07, 6.45) is 0.686. The van der Waals surface area contributed by atoms with Crippen molar-refractivity contribution in [3.63, 3.8) is 0 Å². The smallest absolute Gasteiger partial charge is 0.357 e. The Labute approximate surface area is 137 Å². The molecule has 2 rings (SSSR count). The van der Waals surface area contributed by atoms with E-state index in [0.29, 0.717) is 10.8 Å². The molecule has 1 heterocycles. The van der Waals surface area contributed by atoms with Crippen LogP contribution in [-0.2, 0) is 4.74 Å². The van der Waals surface area contributed by atoms with E-state index in [1.807, 2.05) is 0 Å². The number of methoxy groups -OCH3 is 1. The highest BCUT2D eigenvalue weighted by Gasteiger charge is 2.32. The molecule has 0 unspecified atom stereocenters. The Morgan fingerprint density at radius 2 is 1.68 bits per heavy atom. The molecule has 1 aromatic carbocycles. The third-order valence-electron chi connectivity index (χ3n) is 3.27. The molecule has 0 bridgehead atoms. The van der Waals surface area contributed by atoms with Crippen LogP contribution in [-0.4, -0.2) is 23.6 Å². The number of primary amides is 1. The SMILES string of the molecule is COC(=O)c1c(N)c(C#N)cn1-c1c(F)c(F)c(C(N)=O)c(F)c1F. The second kappa shape index (κ2) is 6.16. The van der Waals surface area contributed by atoms with E-state index in [4.69, 9.17) is 16.7 Å². The van der Waals surface area contributed by atoms with Crippen LogP contribution in [0.25, 0.3) is 5.69 Å². The van der Waals surface area contributed by atoms with Crippen LogP contribution in [0, 0.1) is 34.6 Å². The van der Waals surface area contributed by atoms with E-state index in [9.17, 15) is 27.2 Å². The summed E-state index contributed by atoms with van der Waals surface area (Å²) in [5.74, 6) is -11.1. The molecule has 25 heavy (non-hydrogen) atoms. The molecule has 130 valence electrons. The third-order valence-corrected chi connectivity index (χ3v) is 3.27. The third kappa shape index (κ3) is 2.53. The van der Waals surface area contributed by atoms with E-state index in [1.54, 1.807) is 6.07 Å². The van der Waals surface area contributed by atoms with Crippen molar-refractivity contribution in [3.8, 4) is 11.8 Å². The molecular weight excluding hydrogens is 348 g/mol. The molecule has 0 aliphatic rings. The zero-order valence-corrected chi connectivity index (χ0v) is 12.4. The van der Waals surface area contributed by atoms with Gasteiger partial charge in [-0.3, -0.25) is 4.79 Å². The fraction of sp³-hybridized carbons (Fsp3) is 0.0714. The van der Waals surface area contributed by atoms with Crippen LogP contribution in [0.1, 0.15) is 26.4 Å². The Morgan fingerprint density at radius 1 is 1.16 bits per heavy atom. The van der Waals surface area contributed by atoms with Gasteiger partial charge in [-0.2, -0.15) is 5.26 Å². The molecule has 0 radical (unpaired) electrons.